The van der Waals surface area contributed by atoms with E-state index in [1.54, 1.807) is 5.48 Å². The van der Waals surface area contributed by atoms with Crippen molar-refractivity contribution in [3.05, 3.63) is 78.5 Å². The van der Waals surface area contributed by atoms with Gasteiger partial charge in [-0.05, 0) is 49.8 Å². The Morgan fingerprint density at radius 1 is 1.09 bits per heavy atom. The van der Waals surface area contributed by atoms with Gasteiger partial charge in [-0.1, -0.05) is 49.1 Å². The summed E-state index contributed by atoms with van der Waals surface area (Å²) in [6, 6.07) is 16.4. The summed E-state index contributed by atoms with van der Waals surface area (Å²) < 4.78 is 15.1. The maximum atomic E-state index is 13.1. The summed E-state index contributed by atoms with van der Waals surface area (Å²) in [5.41, 5.74) is 5.24. The van der Waals surface area contributed by atoms with Crippen molar-refractivity contribution >= 4 is 22.7 Å². The van der Waals surface area contributed by atoms with Gasteiger partial charge in [-0.15, -0.1) is 0 Å². The number of nitrogens with one attached hydrogen (secondary N) is 1. The predicted octanol–water partition coefficient (Wildman–Crippen LogP) is 3.05. The zero-order valence-electron chi connectivity index (χ0n) is 20.5. The zero-order valence-corrected chi connectivity index (χ0v) is 21.3. The van der Waals surface area contributed by atoms with E-state index in [4.69, 9.17) is 5.21 Å². The Labute approximate surface area is 209 Å². The van der Waals surface area contributed by atoms with E-state index in [2.05, 4.69) is 59.7 Å². The van der Waals surface area contributed by atoms with Crippen LogP contribution in [-0.4, -0.2) is 75.5 Å². The Bertz CT molecular complexity index is 1100. The molecule has 1 aliphatic heterocycles. The van der Waals surface area contributed by atoms with Crippen molar-refractivity contribution in [2.75, 3.05) is 40.3 Å². The number of amides is 1. The molecule has 0 spiro atoms. The number of carbonyl (C=O) groups excluding carboxylic acids is 1. The lowest BCUT2D eigenvalue weighted by molar-refractivity contribution is -0.124. The molecule has 2 N–H and O–H groups in total. The largest absolute Gasteiger partial charge is 0.358 e. The first-order valence-electron chi connectivity index (χ1n) is 11.4. The SMILES string of the molecule is C=C/C(=C\N=C(C)N1CCN(S(=O)c2ccc(-c3ccc(CN(C)C)cc3)cc2)CC1)C(=O)NO. The molecule has 0 bridgehead atoms. The molecule has 1 heterocycles. The van der Waals surface area contributed by atoms with Gasteiger partial charge >= 0.3 is 0 Å². The van der Waals surface area contributed by atoms with Crippen molar-refractivity contribution in [2.24, 2.45) is 4.99 Å². The molecule has 2 aromatic carbocycles. The van der Waals surface area contributed by atoms with Gasteiger partial charge < -0.3 is 9.80 Å². The lowest BCUT2D eigenvalue weighted by Gasteiger charge is -2.34. The van der Waals surface area contributed by atoms with Crippen LogP contribution in [0.1, 0.15) is 12.5 Å². The molecular formula is C26H33N5O3S. The van der Waals surface area contributed by atoms with E-state index >= 15 is 0 Å². The molecule has 186 valence electrons. The first kappa shape index (κ1) is 26.5. The molecule has 1 atom stereocenters. The van der Waals surface area contributed by atoms with Crippen LogP contribution < -0.4 is 5.48 Å². The third kappa shape index (κ3) is 7.19. The van der Waals surface area contributed by atoms with Gasteiger partial charge in [0.15, 0.2) is 0 Å². The highest BCUT2D eigenvalue weighted by atomic mass is 32.2. The minimum atomic E-state index is -1.24. The highest BCUT2D eigenvalue weighted by molar-refractivity contribution is 7.82. The number of nitrogens with zero attached hydrogens (tertiary/aromatic N) is 4. The second-order valence-electron chi connectivity index (χ2n) is 8.53. The van der Waals surface area contributed by atoms with Gasteiger partial charge in [0.05, 0.1) is 10.5 Å². The quantitative estimate of drug-likeness (QED) is 0.147. The van der Waals surface area contributed by atoms with Crippen molar-refractivity contribution in [1.82, 2.24) is 19.6 Å². The van der Waals surface area contributed by atoms with E-state index in [1.807, 2.05) is 35.5 Å². The number of hydroxylamine groups is 1. The van der Waals surface area contributed by atoms with Crippen LogP contribution in [-0.2, 0) is 22.3 Å². The zero-order chi connectivity index (χ0) is 25.4. The van der Waals surface area contributed by atoms with E-state index in [0.717, 1.165) is 28.4 Å². The van der Waals surface area contributed by atoms with E-state index in [1.165, 1.54) is 17.8 Å². The Kier molecular flexibility index (Phi) is 9.50. The Balaban J connectivity index is 1.58. The summed E-state index contributed by atoms with van der Waals surface area (Å²) in [6.45, 7) is 8.90. The molecule has 35 heavy (non-hydrogen) atoms. The Morgan fingerprint density at radius 3 is 2.17 bits per heavy atom. The lowest BCUT2D eigenvalue weighted by atomic mass is 10.0. The van der Waals surface area contributed by atoms with Crippen molar-refractivity contribution in [1.29, 1.82) is 0 Å². The van der Waals surface area contributed by atoms with Crippen molar-refractivity contribution in [2.45, 2.75) is 18.4 Å². The second-order valence-corrected chi connectivity index (χ2v) is 10.0. The molecule has 0 aliphatic carbocycles. The van der Waals surface area contributed by atoms with Gasteiger partial charge in [-0.3, -0.25) is 10.0 Å². The maximum Gasteiger partial charge on any atom is 0.276 e. The van der Waals surface area contributed by atoms with Crippen molar-refractivity contribution < 1.29 is 14.2 Å². The lowest BCUT2D eigenvalue weighted by Crippen LogP contribution is -2.48. The van der Waals surface area contributed by atoms with Crippen LogP contribution in [0.3, 0.4) is 0 Å². The molecule has 0 saturated carbocycles. The summed E-state index contributed by atoms with van der Waals surface area (Å²) >= 11 is 0. The first-order valence-corrected chi connectivity index (χ1v) is 12.5. The van der Waals surface area contributed by atoms with Gasteiger partial charge in [0, 0.05) is 38.9 Å². The van der Waals surface area contributed by atoms with Gasteiger partial charge in [-0.25, -0.2) is 19.0 Å². The molecule has 1 unspecified atom stereocenters. The van der Waals surface area contributed by atoms with E-state index in [-0.39, 0.29) is 5.57 Å². The molecule has 1 fully saturated rings. The molecular weight excluding hydrogens is 462 g/mol. The summed E-state index contributed by atoms with van der Waals surface area (Å²) in [5, 5.41) is 8.75. The standard InChI is InChI=1S/C26H33N5O3S/c1-5-22(26(32)28-33)18-27-20(2)30-14-16-31(17-15-30)35(34)25-12-10-24(11-13-25)23-8-6-21(7-9-23)19-29(3)4/h5-13,18,33H,1,14-17,19H2,2-4H3,(H,28,32)/b22-18+,27-20?. The number of piperazine rings is 1. The number of hydrogen-bond donors (Lipinski definition) is 2. The molecule has 1 saturated heterocycles. The normalized spacial score (nSPS) is 16.3. The van der Waals surface area contributed by atoms with Crippen molar-refractivity contribution in [3.63, 3.8) is 0 Å². The minimum absolute atomic E-state index is 0.166. The van der Waals surface area contributed by atoms with Crippen LogP contribution in [0.2, 0.25) is 0 Å². The highest BCUT2D eigenvalue weighted by Gasteiger charge is 2.22. The molecule has 1 amide bonds. The van der Waals surface area contributed by atoms with Gasteiger partial charge in [0.2, 0.25) is 0 Å². The molecule has 2 aromatic rings. The number of carbonyl (C=O) groups is 1. The Morgan fingerprint density at radius 2 is 1.66 bits per heavy atom. The number of hydrogen-bond acceptors (Lipinski definition) is 5. The maximum absolute atomic E-state index is 13.1. The highest BCUT2D eigenvalue weighted by Crippen LogP contribution is 2.23. The van der Waals surface area contributed by atoms with Crippen LogP contribution in [0, 0.1) is 0 Å². The van der Waals surface area contributed by atoms with Crippen LogP contribution in [0.25, 0.3) is 11.1 Å². The smallest absolute Gasteiger partial charge is 0.276 e. The summed E-state index contributed by atoms with van der Waals surface area (Å²) in [7, 11) is 2.87. The molecule has 0 aromatic heterocycles. The fourth-order valence-corrected chi connectivity index (χ4v) is 4.93. The van der Waals surface area contributed by atoms with Crippen LogP contribution >= 0.6 is 0 Å². The fourth-order valence-electron chi connectivity index (χ4n) is 3.77. The van der Waals surface area contributed by atoms with Crippen LogP contribution in [0.4, 0.5) is 0 Å². The third-order valence-electron chi connectivity index (χ3n) is 5.75. The molecule has 1 aliphatic rings. The summed E-state index contributed by atoms with van der Waals surface area (Å²) in [6.07, 6.45) is 2.70. The van der Waals surface area contributed by atoms with Crippen LogP contribution in [0.15, 0.2) is 82.8 Å². The number of aliphatic imine (C=N–C) groups is 1. The third-order valence-corrected chi connectivity index (χ3v) is 7.26. The average molecular weight is 496 g/mol. The minimum Gasteiger partial charge on any atom is -0.358 e. The molecule has 9 heteroatoms. The Hall–Kier alpha value is -3.11. The van der Waals surface area contributed by atoms with Gasteiger partial charge in [0.25, 0.3) is 5.91 Å². The van der Waals surface area contributed by atoms with Gasteiger partial charge in [-0.2, -0.15) is 0 Å². The number of amidine groups is 1. The van der Waals surface area contributed by atoms with Gasteiger partial charge in [0.1, 0.15) is 16.8 Å². The monoisotopic (exact) mass is 495 g/mol. The topological polar surface area (TPSA) is 88.5 Å². The molecule has 3 rings (SSSR count). The average Bonchev–Trinajstić information content (AvgIpc) is 2.88. The summed E-state index contributed by atoms with van der Waals surface area (Å²) in [4.78, 5) is 20.8. The molecule has 0 radical (unpaired) electrons. The van der Waals surface area contributed by atoms with Crippen molar-refractivity contribution in [3.8, 4) is 11.1 Å². The number of rotatable bonds is 8. The van der Waals surface area contributed by atoms with Crippen LogP contribution in [0.5, 0.6) is 0 Å². The fraction of sp³-hybridized carbons (Fsp3) is 0.308. The second kappa shape index (κ2) is 12.6. The first-order chi connectivity index (χ1) is 16.8. The van der Waals surface area contributed by atoms with E-state index in [9.17, 15) is 9.00 Å². The molecule has 8 nitrogen and oxygen atoms in total. The number of benzene rings is 2. The summed E-state index contributed by atoms with van der Waals surface area (Å²) in [5.74, 6) is 0.0746. The predicted molar refractivity (Wildman–Crippen MR) is 140 cm³/mol. The van der Waals surface area contributed by atoms with E-state index < -0.39 is 16.9 Å². The van der Waals surface area contributed by atoms with E-state index in [0.29, 0.717) is 26.2 Å².